The molecule has 0 amide bonds. The van der Waals surface area contributed by atoms with E-state index in [-0.39, 0.29) is 42.1 Å². The highest BCUT2D eigenvalue weighted by Gasteiger charge is 2.20. The molecule has 0 saturated carbocycles. The van der Waals surface area contributed by atoms with Gasteiger partial charge in [-0.3, -0.25) is 0 Å². The Labute approximate surface area is 151 Å². The molecule has 0 aliphatic carbocycles. The Morgan fingerprint density at radius 2 is 1.04 bits per heavy atom. The van der Waals surface area contributed by atoms with Crippen LogP contribution in [0.2, 0.25) is 0 Å². The molecule has 0 aromatic rings. The van der Waals surface area contributed by atoms with Crippen LogP contribution < -0.4 is 0 Å². The number of carbonyl (C=O) groups is 3. The predicted molar refractivity (Wildman–Crippen MR) is 92.5 cm³/mol. The average molecular weight is 374 g/mol. The molecule has 148 valence electrons. The Hall–Kier alpha value is -2.49. The summed E-state index contributed by atoms with van der Waals surface area (Å²) in [6.07, 6.45) is 2.25. The molecular formula is C17H26O9. The highest BCUT2D eigenvalue weighted by Crippen LogP contribution is 2.14. The van der Waals surface area contributed by atoms with Gasteiger partial charge in [0.15, 0.2) is 0 Å². The Morgan fingerprint density at radius 3 is 1.19 bits per heavy atom. The number of rotatable bonds is 8. The van der Waals surface area contributed by atoms with E-state index in [4.69, 9.17) is 30.6 Å². The van der Waals surface area contributed by atoms with E-state index in [2.05, 4.69) is 0 Å². The Morgan fingerprint density at radius 1 is 0.731 bits per heavy atom. The highest BCUT2D eigenvalue weighted by atomic mass is 16.4. The van der Waals surface area contributed by atoms with Crippen molar-refractivity contribution >= 4 is 17.9 Å². The molecule has 9 nitrogen and oxygen atoms in total. The van der Waals surface area contributed by atoms with Gasteiger partial charge in [0.05, 0.1) is 19.8 Å². The molecule has 0 aromatic carbocycles. The molecule has 0 bridgehead atoms. The quantitative estimate of drug-likeness (QED) is 0.260. The summed E-state index contributed by atoms with van der Waals surface area (Å²) < 4.78 is 0. The van der Waals surface area contributed by atoms with E-state index in [1.165, 1.54) is 20.8 Å². The number of hydrogen-bond acceptors (Lipinski definition) is 6. The highest BCUT2D eigenvalue weighted by molar-refractivity contribution is 5.92. The molecule has 0 rings (SSSR count). The van der Waals surface area contributed by atoms with Gasteiger partial charge in [-0.05, 0) is 38.5 Å². The Bertz CT molecular complexity index is 567. The molecule has 0 spiro atoms. The Kier molecular flexibility index (Phi) is 11.8. The third-order valence-electron chi connectivity index (χ3n) is 3.32. The van der Waals surface area contributed by atoms with E-state index >= 15 is 0 Å². The lowest BCUT2D eigenvalue weighted by Gasteiger charge is -2.20. The number of hydrogen-bond donors (Lipinski definition) is 6. The van der Waals surface area contributed by atoms with E-state index in [1.807, 2.05) is 0 Å². The van der Waals surface area contributed by atoms with E-state index in [0.29, 0.717) is 0 Å². The third kappa shape index (κ3) is 9.72. The van der Waals surface area contributed by atoms with Crippen LogP contribution in [0.1, 0.15) is 27.7 Å². The summed E-state index contributed by atoms with van der Waals surface area (Å²) in [7, 11) is 0. The molecule has 0 heterocycles. The number of carboxylic acids is 3. The van der Waals surface area contributed by atoms with Crippen molar-refractivity contribution in [1.82, 2.24) is 0 Å². The first-order valence-corrected chi connectivity index (χ1v) is 7.45. The second-order valence-corrected chi connectivity index (χ2v) is 5.94. The van der Waals surface area contributed by atoms with Crippen LogP contribution in [-0.4, -0.2) is 68.4 Å². The van der Waals surface area contributed by atoms with Gasteiger partial charge in [-0.2, -0.15) is 0 Å². The van der Waals surface area contributed by atoms with Crippen LogP contribution in [0.4, 0.5) is 0 Å². The fourth-order valence-electron chi connectivity index (χ4n) is 1.12. The van der Waals surface area contributed by atoms with Crippen LogP contribution in [0.25, 0.3) is 0 Å². The van der Waals surface area contributed by atoms with Crippen molar-refractivity contribution in [1.29, 1.82) is 0 Å². The van der Waals surface area contributed by atoms with Crippen molar-refractivity contribution in [3.05, 3.63) is 34.4 Å². The predicted octanol–water partition coefficient (Wildman–Crippen LogP) is 0.419. The summed E-state index contributed by atoms with van der Waals surface area (Å²) in [5.74, 6) is -3.65. The number of carboxylic acid groups (broad SMARTS) is 3. The molecular weight excluding hydrogens is 348 g/mol. The fourth-order valence-corrected chi connectivity index (χ4v) is 1.12. The first-order valence-electron chi connectivity index (χ1n) is 7.45. The molecule has 0 saturated heterocycles. The minimum atomic E-state index is -1.24. The van der Waals surface area contributed by atoms with Crippen LogP contribution in [-0.2, 0) is 14.4 Å². The molecule has 0 aliphatic heterocycles. The minimum absolute atomic E-state index is 0.0438. The lowest BCUT2D eigenvalue weighted by Crippen LogP contribution is -2.29. The van der Waals surface area contributed by atoms with Crippen LogP contribution in [0.15, 0.2) is 34.4 Å². The molecule has 0 atom stereocenters. The third-order valence-corrected chi connectivity index (χ3v) is 3.32. The van der Waals surface area contributed by atoms with Gasteiger partial charge in [-0.15, -0.1) is 0 Å². The number of aliphatic hydroxyl groups excluding tert-OH is 3. The van der Waals surface area contributed by atoms with Crippen molar-refractivity contribution in [2.75, 3.05) is 19.8 Å². The summed E-state index contributed by atoms with van der Waals surface area (Å²) >= 11 is 0. The summed E-state index contributed by atoms with van der Waals surface area (Å²) in [5.41, 5.74) is -0.960. The van der Waals surface area contributed by atoms with Crippen molar-refractivity contribution in [3.8, 4) is 0 Å². The van der Waals surface area contributed by atoms with Gasteiger partial charge in [-0.1, -0.05) is 6.92 Å². The molecule has 26 heavy (non-hydrogen) atoms. The van der Waals surface area contributed by atoms with Crippen LogP contribution in [0.3, 0.4) is 0 Å². The molecule has 0 aromatic heterocycles. The Balaban J connectivity index is 0. The zero-order chi connectivity index (χ0) is 21.1. The molecule has 0 unspecified atom stereocenters. The van der Waals surface area contributed by atoms with Crippen LogP contribution in [0.5, 0.6) is 0 Å². The number of aliphatic carboxylic acids is 3. The first kappa shape index (κ1) is 25.7. The van der Waals surface area contributed by atoms with Crippen LogP contribution >= 0.6 is 0 Å². The number of allylic oxidation sites excluding steroid dienone is 3. The summed E-state index contributed by atoms with van der Waals surface area (Å²) in [4.78, 5) is 32.2. The lowest BCUT2D eigenvalue weighted by molar-refractivity contribution is -0.133. The van der Waals surface area contributed by atoms with Crippen LogP contribution in [0, 0.1) is 5.41 Å². The van der Waals surface area contributed by atoms with E-state index in [0.717, 1.165) is 12.2 Å². The summed E-state index contributed by atoms with van der Waals surface area (Å²) in [5, 5.41) is 51.7. The smallest absolute Gasteiger partial charge is 0.331 e. The van der Waals surface area contributed by atoms with Gasteiger partial charge >= 0.3 is 17.9 Å². The maximum absolute atomic E-state index is 10.8. The fraction of sp³-hybridized carbons (Fsp3) is 0.471. The largest absolute Gasteiger partial charge is 0.478 e. The van der Waals surface area contributed by atoms with Crippen molar-refractivity contribution in [2.45, 2.75) is 27.7 Å². The van der Waals surface area contributed by atoms with Crippen molar-refractivity contribution in [2.24, 2.45) is 5.41 Å². The van der Waals surface area contributed by atoms with Gasteiger partial charge in [0.1, 0.15) is 0 Å². The van der Waals surface area contributed by atoms with Gasteiger partial charge in [0.25, 0.3) is 0 Å². The molecule has 9 heteroatoms. The number of aliphatic hydroxyl groups is 3. The normalized spacial score (nSPS) is 12.0. The zero-order valence-corrected chi connectivity index (χ0v) is 15.2. The molecule has 0 fully saturated rings. The molecule has 0 aliphatic rings. The van der Waals surface area contributed by atoms with Gasteiger partial charge in [-0.25, -0.2) is 14.4 Å². The van der Waals surface area contributed by atoms with Crippen molar-refractivity contribution in [3.63, 3.8) is 0 Å². The minimum Gasteiger partial charge on any atom is -0.478 e. The first-order chi connectivity index (χ1) is 11.8. The maximum Gasteiger partial charge on any atom is 0.331 e. The summed E-state index contributed by atoms with van der Waals surface area (Å²) in [6.45, 7) is 4.92. The van der Waals surface area contributed by atoms with Gasteiger partial charge in [0, 0.05) is 22.1 Å². The molecule has 0 radical (unpaired) electrons. The van der Waals surface area contributed by atoms with Gasteiger partial charge < -0.3 is 30.6 Å². The zero-order valence-electron chi connectivity index (χ0n) is 15.2. The standard InChI is InChI=1S/C12H14O6.C5H12O3/c1-6(10(13)14)4-9(8(3)12(17)18)5-7(2)11(15)16;1-5(2-6,3-7)4-8/h4-5H,1-3H3,(H,13,14)(H,15,16)(H,17,18);6-8H,2-4H2,1H3. The van der Waals surface area contributed by atoms with E-state index < -0.39 is 23.3 Å². The lowest BCUT2D eigenvalue weighted by atomic mass is 9.95. The van der Waals surface area contributed by atoms with E-state index in [1.54, 1.807) is 6.92 Å². The summed E-state index contributed by atoms with van der Waals surface area (Å²) in [6, 6.07) is 0. The van der Waals surface area contributed by atoms with E-state index in [9.17, 15) is 14.4 Å². The topological polar surface area (TPSA) is 173 Å². The maximum atomic E-state index is 10.8. The monoisotopic (exact) mass is 374 g/mol. The van der Waals surface area contributed by atoms with Crippen molar-refractivity contribution < 1.29 is 45.0 Å². The second-order valence-electron chi connectivity index (χ2n) is 5.94. The second kappa shape index (κ2) is 12.0. The SMILES string of the molecule is CC(=CC(C=C(C)C(=O)O)=C(C)C(=O)O)C(=O)O.CC(CO)(CO)CO. The average Bonchev–Trinajstić information content (AvgIpc) is 2.59. The van der Waals surface area contributed by atoms with Gasteiger partial charge in [0.2, 0.25) is 0 Å². The molecule has 6 N–H and O–H groups in total.